The molecular weight excluding hydrogens is 302 g/mol. The summed E-state index contributed by atoms with van der Waals surface area (Å²) in [6.45, 7) is 4.78. The highest BCUT2D eigenvalue weighted by atomic mass is 16.2. The zero-order valence-electron chi connectivity index (χ0n) is 13.7. The van der Waals surface area contributed by atoms with Crippen LogP contribution in [0.2, 0.25) is 0 Å². The maximum absolute atomic E-state index is 12.9. The number of rotatable bonds is 4. The van der Waals surface area contributed by atoms with Crippen molar-refractivity contribution in [1.82, 2.24) is 4.98 Å². The van der Waals surface area contributed by atoms with Crippen molar-refractivity contribution in [3.8, 4) is 0 Å². The van der Waals surface area contributed by atoms with Gasteiger partial charge in [0.15, 0.2) is 0 Å². The van der Waals surface area contributed by atoms with E-state index in [1.165, 1.54) is 0 Å². The highest BCUT2D eigenvalue weighted by Crippen LogP contribution is 2.30. The van der Waals surface area contributed by atoms with Gasteiger partial charge in [-0.1, -0.05) is 38.1 Å². The second-order valence-corrected chi connectivity index (χ2v) is 6.14. The standard InChI is InChI=1S/C19H19N3O2/c1-13(2)11-20-12-16-14-7-3-4-8-15(14)18(23)22(19(16)24)17-9-5-6-10-21-17/h3-10,12-13,16H,11H2,1-2H3. The van der Waals surface area contributed by atoms with E-state index in [1.807, 2.05) is 12.1 Å². The van der Waals surface area contributed by atoms with Gasteiger partial charge in [0, 0.05) is 24.5 Å². The number of carbonyl (C=O) groups is 2. The van der Waals surface area contributed by atoms with Gasteiger partial charge in [0.2, 0.25) is 5.91 Å². The highest BCUT2D eigenvalue weighted by molar-refractivity contribution is 6.28. The number of amides is 2. The Morgan fingerprint density at radius 1 is 1.17 bits per heavy atom. The first-order chi connectivity index (χ1) is 11.6. The summed E-state index contributed by atoms with van der Waals surface area (Å²) in [5.74, 6) is -0.486. The van der Waals surface area contributed by atoms with Crippen LogP contribution in [-0.2, 0) is 4.79 Å². The van der Waals surface area contributed by atoms with Gasteiger partial charge in [0.05, 0.1) is 5.92 Å². The molecule has 0 N–H and O–H groups in total. The van der Waals surface area contributed by atoms with Crippen LogP contribution in [-0.4, -0.2) is 29.6 Å². The molecule has 1 unspecified atom stereocenters. The lowest BCUT2D eigenvalue weighted by molar-refractivity contribution is -0.118. The summed E-state index contributed by atoms with van der Waals surface area (Å²) in [6, 6.07) is 12.3. The largest absolute Gasteiger partial charge is 0.296 e. The van der Waals surface area contributed by atoms with Crippen LogP contribution in [0.1, 0.15) is 35.7 Å². The molecule has 0 radical (unpaired) electrons. The number of nitrogens with zero attached hydrogens (tertiary/aromatic N) is 3. The number of hydrogen-bond donors (Lipinski definition) is 0. The molecule has 5 heteroatoms. The van der Waals surface area contributed by atoms with Crippen molar-refractivity contribution in [2.75, 3.05) is 11.4 Å². The number of anilines is 1. The zero-order chi connectivity index (χ0) is 17.1. The van der Waals surface area contributed by atoms with Crippen molar-refractivity contribution >= 4 is 23.8 Å². The maximum Gasteiger partial charge on any atom is 0.266 e. The molecule has 0 saturated carbocycles. The fourth-order valence-electron chi connectivity index (χ4n) is 2.68. The number of hydrogen-bond acceptors (Lipinski definition) is 4. The molecule has 0 saturated heterocycles. The summed E-state index contributed by atoms with van der Waals surface area (Å²) in [4.78, 5) is 35.4. The van der Waals surface area contributed by atoms with Gasteiger partial charge in [-0.2, -0.15) is 0 Å². The van der Waals surface area contributed by atoms with E-state index < -0.39 is 5.92 Å². The molecule has 1 aliphatic rings. The predicted molar refractivity (Wildman–Crippen MR) is 93.4 cm³/mol. The van der Waals surface area contributed by atoms with E-state index in [-0.39, 0.29) is 11.8 Å². The van der Waals surface area contributed by atoms with Gasteiger partial charge in [0.25, 0.3) is 5.91 Å². The summed E-state index contributed by atoms with van der Waals surface area (Å²) < 4.78 is 0. The Morgan fingerprint density at radius 3 is 2.62 bits per heavy atom. The van der Waals surface area contributed by atoms with Gasteiger partial charge in [0.1, 0.15) is 5.82 Å². The van der Waals surface area contributed by atoms with Crippen molar-refractivity contribution in [2.45, 2.75) is 19.8 Å². The Morgan fingerprint density at radius 2 is 1.92 bits per heavy atom. The summed E-state index contributed by atoms with van der Waals surface area (Å²) in [5, 5.41) is 0. The highest BCUT2D eigenvalue weighted by Gasteiger charge is 2.39. The Hall–Kier alpha value is -2.82. The minimum Gasteiger partial charge on any atom is -0.296 e. The van der Waals surface area contributed by atoms with Crippen LogP contribution in [0.25, 0.3) is 0 Å². The van der Waals surface area contributed by atoms with E-state index in [9.17, 15) is 9.59 Å². The van der Waals surface area contributed by atoms with Crippen LogP contribution >= 0.6 is 0 Å². The third-order valence-electron chi connectivity index (χ3n) is 3.82. The number of pyridine rings is 1. The van der Waals surface area contributed by atoms with E-state index in [1.54, 1.807) is 42.7 Å². The zero-order valence-corrected chi connectivity index (χ0v) is 13.7. The molecule has 1 aliphatic heterocycles. The van der Waals surface area contributed by atoms with Crippen LogP contribution in [0.3, 0.4) is 0 Å². The first-order valence-electron chi connectivity index (χ1n) is 7.97. The van der Waals surface area contributed by atoms with E-state index in [4.69, 9.17) is 0 Å². The topological polar surface area (TPSA) is 62.6 Å². The summed E-state index contributed by atoms with van der Waals surface area (Å²) in [6.07, 6.45) is 3.22. The summed E-state index contributed by atoms with van der Waals surface area (Å²) in [7, 11) is 0. The van der Waals surface area contributed by atoms with Crippen molar-refractivity contribution < 1.29 is 9.59 Å². The number of benzene rings is 1. The lowest BCUT2D eigenvalue weighted by Crippen LogP contribution is -2.46. The lowest BCUT2D eigenvalue weighted by Gasteiger charge is -2.30. The number of fused-ring (bicyclic) bond motifs is 1. The van der Waals surface area contributed by atoms with Gasteiger partial charge < -0.3 is 0 Å². The monoisotopic (exact) mass is 321 g/mol. The van der Waals surface area contributed by atoms with Crippen LogP contribution in [0.15, 0.2) is 53.7 Å². The fourth-order valence-corrected chi connectivity index (χ4v) is 2.68. The predicted octanol–water partition coefficient (Wildman–Crippen LogP) is 3.08. The third kappa shape index (κ3) is 2.97. The Balaban J connectivity index is 2.05. The molecule has 1 atom stereocenters. The molecule has 1 aromatic heterocycles. The van der Waals surface area contributed by atoms with Gasteiger partial charge >= 0.3 is 0 Å². The van der Waals surface area contributed by atoms with Crippen LogP contribution < -0.4 is 4.90 Å². The van der Waals surface area contributed by atoms with E-state index in [0.717, 1.165) is 4.90 Å². The van der Waals surface area contributed by atoms with E-state index >= 15 is 0 Å². The molecule has 122 valence electrons. The number of imide groups is 1. The van der Waals surface area contributed by atoms with E-state index in [0.29, 0.717) is 29.4 Å². The molecule has 24 heavy (non-hydrogen) atoms. The minimum atomic E-state index is -0.570. The molecule has 0 bridgehead atoms. The SMILES string of the molecule is CC(C)CN=CC1C(=O)N(c2ccccn2)C(=O)c2ccccc21. The Bertz CT molecular complexity index is 784. The van der Waals surface area contributed by atoms with Crippen LogP contribution in [0.4, 0.5) is 5.82 Å². The van der Waals surface area contributed by atoms with Crippen molar-refractivity contribution in [3.05, 3.63) is 59.8 Å². The molecule has 3 rings (SSSR count). The first kappa shape index (κ1) is 16.1. The number of aliphatic imine (C=N–C) groups is 1. The van der Waals surface area contributed by atoms with Crippen molar-refractivity contribution in [2.24, 2.45) is 10.9 Å². The average Bonchev–Trinajstić information content (AvgIpc) is 2.59. The fraction of sp³-hybridized carbons (Fsp3) is 0.263. The second-order valence-electron chi connectivity index (χ2n) is 6.14. The lowest BCUT2D eigenvalue weighted by atomic mass is 9.89. The van der Waals surface area contributed by atoms with Gasteiger partial charge in [-0.3, -0.25) is 14.6 Å². The third-order valence-corrected chi connectivity index (χ3v) is 3.82. The second kappa shape index (κ2) is 6.74. The first-order valence-corrected chi connectivity index (χ1v) is 7.97. The molecule has 2 heterocycles. The summed E-state index contributed by atoms with van der Waals surface area (Å²) in [5.41, 5.74) is 1.22. The molecule has 5 nitrogen and oxygen atoms in total. The van der Waals surface area contributed by atoms with Gasteiger partial charge in [-0.25, -0.2) is 9.88 Å². The maximum atomic E-state index is 12.9. The van der Waals surface area contributed by atoms with E-state index in [2.05, 4.69) is 23.8 Å². The molecule has 0 fully saturated rings. The Labute approximate surface area is 141 Å². The molecule has 0 spiro atoms. The molecule has 2 amide bonds. The van der Waals surface area contributed by atoms with Crippen molar-refractivity contribution in [3.63, 3.8) is 0 Å². The number of carbonyl (C=O) groups excluding carboxylic acids is 2. The van der Waals surface area contributed by atoms with Gasteiger partial charge in [-0.05, 0) is 29.7 Å². The molecule has 2 aromatic rings. The van der Waals surface area contributed by atoms with Crippen LogP contribution in [0, 0.1) is 5.92 Å². The number of aromatic nitrogens is 1. The quantitative estimate of drug-likeness (QED) is 0.642. The molecule has 0 aliphatic carbocycles. The normalized spacial score (nSPS) is 17.6. The van der Waals surface area contributed by atoms with Crippen LogP contribution in [0.5, 0.6) is 0 Å². The molecule has 1 aromatic carbocycles. The van der Waals surface area contributed by atoms with Crippen molar-refractivity contribution in [1.29, 1.82) is 0 Å². The minimum absolute atomic E-state index is 0.315. The summed E-state index contributed by atoms with van der Waals surface area (Å²) >= 11 is 0. The van der Waals surface area contributed by atoms with Gasteiger partial charge in [-0.15, -0.1) is 0 Å². The molecular formula is C19H19N3O2. The average molecular weight is 321 g/mol. The Kier molecular flexibility index (Phi) is 4.51. The smallest absolute Gasteiger partial charge is 0.266 e.